The van der Waals surface area contributed by atoms with Crippen molar-refractivity contribution in [2.75, 3.05) is 13.2 Å². The molecule has 6 aromatic heterocycles. The van der Waals surface area contributed by atoms with Crippen LogP contribution in [0.15, 0.2) is 49.3 Å². The molecule has 0 spiro atoms. The van der Waals surface area contributed by atoms with Crippen LogP contribution in [0.25, 0.3) is 33.6 Å². The number of hydrogen-bond donors (Lipinski definition) is 2. The van der Waals surface area contributed by atoms with Crippen LogP contribution in [0.3, 0.4) is 0 Å². The molecule has 9 rings (SSSR count). The minimum Gasteiger partial charge on any atom is -0.361 e. The van der Waals surface area contributed by atoms with Gasteiger partial charge in [-0.3, -0.25) is 8.80 Å². The standard InChI is InChI=1S/C23H35N5O3SSi.C20H31N5OSi/c1-16-11-17(26-32(29,30)18-5-6-18)12-19(16)21-13-24-22-14-25-23-20(28(21)22)7-8-27(23)15-31-9-10-33(2,3)4;1-14-9-15(21)10-16(14)18-11-22-19-12-23-20-17(25(18)19)5-6-24(20)13-26-7-8-27(2,3)4/h7-8,13-14,16-19,26H,5-6,9-12,15H2,1-4H3;5-6,11-12,14-16H,7-10,13,21H2,1-4H3. The molecular formula is C43H66N10O4SSi2. The van der Waals surface area contributed by atoms with Crippen molar-refractivity contribution in [1.29, 1.82) is 0 Å². The van der Waals surface area contributed by atoms with E-state index in [9.17, 15) is 8.42 Å². The van der Waals surface area contributed by atoms with E-state index in [0.29, 0.717) is 31.2 Å². The Morgan fingerprint density at radius 3 is 1.63 bits per heavy atom. The third kappa shape index (κ3) is 9.46. The lowest BCUT2D eigenvalue weighted by Crippen LogP contribution is -2.35. The number of aromatic nitrogens is 8. The summed E-state index contributed by atoms with van der Waals surface area (Å²) in [6.45, 7) is 21.3. The summed E-state index contributed by atoms with van der Waals surface area (Å²) in [6, 6.07) is 6.80. The lowest BCUT2D eigenvalue weighted by atomic mass is 9.95. The Bertz CT molecular complexity index is 2550. The summed E-state index contributed by atoms with van der Waals surface area (Å²) < 4.78 is 48.4. The molecule has 0 radical (unpaired) electrons. The molecule has 0 amide bonds. The van der Waals surface area contributed by atoms with Crippen molar-refractivity contribution in [3.63, 3.8) is 0 Å². The van der Waals surface area contributed by atoms with Crippen molar-refractivity contribution in [3.8, 4) is 0 Å². The Labute approximate surface area is 356 Å². The normalized spacial score (nSPS) is 24.0. The van der Waals surface area contributed by atoms with Gasteiger partial charge in [0.2, 0.25) is 10.0 Å². The first kappa shape index (κ1) is 43.2. The lowest BCUT2D eigenvalue weighted by molar-refractivity contribution is 0.0898. The zero-order valence-electron chi connectivity index (χ0n) is 36.8. The Balaban J connectivity index is 0.000000170. The average molecular weight is 875 g/mol. The third-order valence-electron chi connectivity index (χ3n) is 12.9. The molecule has 0 aromatic carbocycles. The van der Waals surface area contributed by atoms with Gasteiger partial charge in [0.05, 0.1) is 28.7 Å². The molecule has 0 saturated heterocycles. The molecule has 0 bridgehead atoms. The highest BCUT2D eigenvalue weighted by atomic mass is 32.2. The molecule has 3 N–H and O–H groups in total. The smallest absolute Gasteiger partial charge is 0.214 e. The molecule has 3 aliphatic rings. The zero-order chi connectivity index (χ0) is 42.6. The maximum Gasteiger partial charge on any atom is 0.214 e. The number of sulfonamides is 1. The average Bonchev–Trinajstić information content (AvgIpc) is 3.63. The summed E-state index contributed by atoms with van der Waals surface area (Å²) in [5, 5.41) is -0.180. The highest BCUT2D eigenvalue weighted by Crippen LogP contribution is 2.42. The van der Waals surface area contributed by atoms with E-state index in [2.05, 4.69) is 109 Å². The Hall–Kier alpha value is -3.46. The van der Waals surface area contributed by atoms with Crippen LogP contribution < -0.4 is 10.5 Å². The number of rotatable bonds is 15. The number of nitrogens with one attached hydrogen (secondary N) is 1. The first-order chi connectivity index (χ1) is 28.5. The maximum absolute atomic E-state index is 12.5. The molecule has 3 saturated carbocycles. The van der Waals surface area contributed by atoms with Gasteiger partial charge in [0.1, 0.15) is 13.5 Å². The Morgan fingerprint density at radius 2 is 1.18 bits per heavy atom. The second-order valence-corrected chi connectivity index (χ2v) is 33.6. The molecule has 3 aliphatic carbocycles. The fourth-order valence-electron chi connectivity index (χ4n) is 9.23. The van der Waals surface area contributed by atoms with Gasteiger partial charge in [-0.15, -0.1) is 0 Å². The Morgan fingerprint density at radius 1 is 0.700 bits per heavy atom. The molecule has 6 aromatic rings. The number of hydrogen-bond acceptors (Lipinski definition) is 9. The summed E-state index contributed by atoms with van der Waals surface area (Å²) in [5.41, 5.74) is 14.3. The Kier molecular flexibility index (Phi) is 12.3. The topological polar surface area (TPSA) is 161 Å². The van der Waals surface area contributed by atoms with Gasteiger partial charge in [-0.05, 0) is 74.6 Å². The molecule has 0 aliphatic heterocycles. The SMILES string of the molecule is CC1CC(N)CC1c1cnc2cnc3c(ccn3COCC[Si](C)(C)C)n12.CC1CC(NS(=O)(=O)C2CC2)CC1c1cnc2cnc3c(ccn3COCC[Si](C)(C)C)n12. The number of ether oxygens (including phenoxy) is 2. The van der Waals surface area contributed by atoms with Gasteiger partial charge in [0.25, 0.3) is 0 Å². The predicted octanol–water partition coefficient (Wildman–Crippen LogP) is 7.80. The van der Waals surface area contributed by atoms with E-state index in [0.717, 1.165) is 97.1 Å². The van der Waals surface area contributed by atoms with Crippen LogP contribution >= 0.6 is 0 Å². The summed E-state index contributed by atoms with van der Waals surface area (Å²) in [4.78, 5) is 18.5. The molecule has 6 heterocycles. The molecule has 3 fully saturated rings. The quantitative estimate of drug-likeness (QED) is 0.0775. The minimum absolute atomic E-state index is 0.0113. The first-order valence-corrected chi connectivity index (χ1v) is 31.0. The van der Waals surface area contributed by atoms with Gasteiger partial charge in [-0.25, -0.2) is 33.1 Å². The molecule has 6 unspecified atom stereocenters. The minimum atomic E-state index is -3.18. The molecule has 17 heteroatoms. The monoisotopic (exact) mass is 874 g/mol. The van der Waals surface area contributed by atoms with Crippen LogP contribution in [0.4, 0.5) is 0 Å². The van der Waals surface area contributed by atoms with Crippen molar-refractivity contribution in [1.82, 2.24) is 42.6 Å². The fourth-order valence-corrected chi connectivity index (χ4v) is 12.3. The summed E-state index contributed by atoms with van der Waals surface area (Å²) >= 11 is 0. The van der Waals surface area contributed by atoms with E-state index in [1.165, 1.54) is 11.7 Å². The van der Waals surface area contributed by atoms with Crippen molar-refractivity contribution in [3.05, 3.63) is 60.7 Å². The van der Waals surface area contributed by atoms with Crippen molar-refractivity contribution in [2.24, 2.45) is 17.6 Å². The number of imidazole rings is 2. The first-order valence-electron chi connectivity index (χ1n) is 22.0. The maximum atomic E-state index is 12.5. The second-order valence-electron chi connectivity index (χ2n) is 20.4. The zero-order valence-corrected chi connectivity index (χ0v) is 39.7. The van der Waals surface area contributed by atoms with Gasteiger partial charge in [-0.1, -0.05) is 53.1 Å². The number of nitrogens with zero attached hydrogens (tertiary/aromatic N) is 8. The van der Waals surface area contributed by atoms with Crippen LogP contribution in [0.1, 0.15) is 75.6 Å². The second kappa shape index (κ2) is 17.0. The van der Waals surface area contributed by atoms with Crippen LogP contribution in [-0.4, -0.2) is 93.0 Å². The van der Waals surface area contributed by atoms with Gasteiger partial charge < -0.3 is 24.3 Å². The van der Waals surface area contributed by atoms with E-state index in [4.69, 9.17) is 15.2 Å². The third-order valence-corrected chi connectivity index (χ3v) is 18.3. The van der Waals surface area contributed by atoms with Crippen LogP contribution in [0.2, 0.25) is 51.4 Å². The molecular weight excluding hydrogens is 809 g/mol. The molecule has 14 nitrogen and oxygen atoms in total. The van der Waals surface area contributed by atoms with Crippen LogP contribution in [0.5, 0.6) is 0 Å². The highest BCUT2D eigenvalue weighted by molar-refractivity contribution is 7.90. The summed E-state index contributed by atoms with van der Waals surface area (Å²) in [7, 11) is -5.36. The van der Waals surface area contributed by atoms with Gasteiger partial charge in [0.15, 0.2) is 22.6 Å². The molecule has 6 atom stereocenters. The fraction of sp³-hybridized carbons (Fsp3) is 0.628. The lowest BCUT2D eigenvalue weighted by Gasteiger charge is -2.16. The number of fused-ring (bicyclic) bond motifs is 6. The predicted molar refractivity (Wildman–Crippen MR) is 244 cm³/mol. The summed E-state index contributed by atoms with van der Waals surface area (Å²) in [5.74, 6) is 1.65. The number of nitrogens with two attached hydrogens (primary N) is 1. The van der Waals surface area contributed by atoms with Crippen molar-refractivity contribution in [2.45, 2.75) is 146 Å². The van der Waals surface area contributed by atoms with Gasteiger partial charge in [-0.2, -0.15) is 0 Å². The van der Waals surface area contributed by atoms with Crippen molar-refractivity contribution >= 4 is 59.8 Å². The largest absolute Gasteiger partial charge is 0.361 e. The summed E-state index contributed by atoms with van der Waals surface area (Å²) in [6.07, 6.45) is 17.1. The van der Waals surface area contributed by atoms with Crippen molar-refractivity contribution < 1.29 is 17.9 Å². The van der Waals surface area contributed by atoms with Gasteiger partial charge in [0, 0.05) is 89.5 Å². The van der Waals surface area contributed by atoms with E-state index in [-0.39, 0.29) is 23.3 Å². The van der Waals surface area contributed by atoms with E-state index >= 15 is 0 Å². The van der Waals surface area contributed by atoms with E-state index in [1.807, 2.05) is 35.6 Å². The molecule has 60 heavy (non-hydrogen) atoms. The van der Waals surface area contributed by atoms with E-state index in [1.54, 1.807) is 0 Å². The van der Waals surface area contributed by atoms with Crippen LogP contribution in [-0.2, 0) is 33.0 Å². The van der Waals surface area contributed by atoms with Crippen LogP contribution in [0, 0.1) is 11.8 Å². The van der Waals surface area contributed by atoms with E-state index < -0.39 is 26.2 Å². The molecule has 326 valence electrons. The van der Waals surface area contributed by atoms with Gasteiger partial charge >= 0.3 is 0 Å². The highest BCUT2D eigenvalue weighted by Gasteiger charge is 2.41.